The van der Waals surface area contributed by atoms with E-state index in [1.807, 2.05) is 32.0 Å². The van der Waals surface area contributed by atoms with Crippen molar-refractivity contribution in [2.75, 3.05) is 30.8 Å². The zero-order valence-electron chi connectivity index (χ0n) is 25.6. The number of ether oxygens (including phenoxy) is 3. The SMILES string of the molecule is CCC(CC)NC(=O)Nc1ccc(Oc2cnc(NC(=O)c3cccc(OC4CCN(C(C)C)CC4)c3)s2)c(COC)c1. The molecule has 4 rings (SSSR count). The standard InChI is InChI=1S/C32H43N5O5S/c1-6-24(7-2)34-31(39)35-25-11-12-28(23(17-25)20-40-5)42-29-19-33-32(43-29)36-30(38)22-9-8-10-27(18-22)41-26-13-15-37(16-14-26)21(3)4/h8-12,17-19,21,24,26H,6-7,13-16,20H2,1-5H3,(H,33,36,38)(H2,34,35,39). The van der Waals surface area contributed by atoms with Crippen LogP contribution in [0.25, 0.3) is 0 Å². The van der Waals surface area contributed by atoms with Crippen LogP contribution in [-0.4, -0.2) is 60.2 Å². The number of anilines is 2. The predicted molar refractivity (Wildman–Crippen MR) is 171 cm³/mol. The summed E-state index contributed by atoms with van der Waals surface area (Å²) >= 11 is 1.22. The molecular weight excluding hydrogens is 566 g/mol. The van der Waals surface area contributed by atoms with E-state index in [0.717, 1.165) is 44.3 Å². The van der Waals surface area contributed by atoms with Gasteiger partial charge in [-0.2, -0.15) is 0 Å². The molecule has 10 nitrogen and oxygen atoms in total. The zero-order chi connectivity index (χ0) is 30.8. The molecule has 0 aliphatic carbocycles. The van der Waals surface area contributed by atoms with Crippen molar-refractivity contribution in [1.29, 1.82) is 0 Å². The number of rotatable bonds is 13. The second-order valence-corrected chi connectivity index (χ2v) is 11.9. The van der Waals surface area contributed by atoms with Crippen LogP contribution < -0.4 is 25.4 Å². The van der Waals surface area contributed by atoms with Gasteiger partial charge in [-0.25, -0.2) is 9.78 Å². The number of carbonyl (C=O) groups excluding carboxylic acids is 2. The van der Waals surface area contributed by atoms with Gasteiger partial charge < -0.3 is 29.7 Å². The third-order valence-electron chi connectivity index (χ3n) is 7.46. The quantitative estimate of drug-likeness (QED) is 0.193. The average molecular weight is 610 g/mol. The smallest absolute Gasteiger partial charge is 0.319 e. The summed E-state index contributed by atoms with van der Waals surface area (Å²) in [5.74, 6) is 0.983. The Labute approximate surface area is 258 Å². The lowest BCUT2D eigenvalue weighted by Gasteiger charge is -2.34. The molecule has 0 atom stereocenters. The summed E-state index contributed by atoms with van der Waals surface area (Å²) in [5.41, 5.74) is 1.88. The Kier molecular flexibility index (Phi) is 11.8. The summed E-state index contributed by atoms with van der Waals surface area (Å²) < 4.78 is 17.6. The first-order valence-electron chi connectivity index (χ1n) is 14.9. The highest BCUT2D eigenvalue weighted by Gasteiger charge is 2.22. The van der Waals surface area contributed by atoms with Crippen LogP contribution >= 0.6 is 11.3 Å². The van der Waals surface area contributed by atoms with Crippen molar-refractivity contribution in [3.63, 3.8) is 0 Å². The minimum Gasteiger partial charge on any atom is -0.490 e. The van der Waals surface area contributed by atoms with Crippen LogP contribution in [0.2, 0.25) is 0 Å². The van der Waals surface area contributed by atoms with Crippen molar-refractivity contribution < 1.29 is 23.8 Å². The van der Waals surface area contributed by atoms with Gasteiger partial charge in [-0.05, 0) is 75.9 Å². The van der Waals surface area contributed by atoms with E-state index in [1.54, 1.807) is 37.6 Å². The Morgan fingerprint density at radius 3 is 2.53 bits per heavy atom. The van der Waals surface area contributed by atoms with Crippen LogP contribution in [-0.2, 0) is 11.3 Å². The number of benzene rings is 2. The fraction of sp³-hybridized carbons (Fsp3) is 0.469. The van der Waals surface area contributed by atoms with E-state index in [2.05, 4.69) is 39.7 Å². The van der Waals surface area contributed by atoms with Gasteiger partial charge in [0.25, 0.3) is 5.91 Å². The van der Waals surface area contributed by atoms with Gasteiger partial charge in [0.15, 0.2) is 5.13 Å². The molecule has 0 saturated carbocycles. The molecule has 3 aromatic rings. The van der Waals surface area contributed by atoms with Gasteiger partial charge in [0, 0.05) is 49.1 Å². The van der Waals surface area contributed by atoms with Gasteiger partial charge in [-0.1, -0.05) is 31.3 Å². The van der Waals surface area contributed by atoms with E-state index in [0.29, 0.717) is 39.0 Å². The lowest BCUT2D eigenvalue weighted by atomic mass is 10.1. The number of methoxy groups -OCH3 is 1. The van der Waals surface area contributed by atoms with Crippen LogP contribution in [0, 0.1) is 0 Å². The third-order valence-corrected chi connectivity index (χ3v) is 8.25. The van der Waals surface area contributed by atoms with Crippen molar-refractivity contribution in [3.05, 3.63) is 59.8 Å². The van der Waals surface area contributed by atoms with Gasteiger partial charge in [-0.15, -0.1) is 0 Å². The molecule has 1 aliphatic heterocycles. The minimum atomic E-state index is -0.275. The Bertz CT molecular complexity index is 1350. The highest BCUT2D eigenvalue weighted by Crippen LogP contribution is 2.34. The van der Waals surface area contributed by atoms with Crippen LogP contribution in [0.1, 0.15) is 69.3 Å². The van der Waals surface area contributed by atoms with Gasteiger partial charge in [0.2, 0.25) is 5.06 Å². The third kappa shape index (κ3) is 9.41. The van der Waals surface area contributed by atoms with E-state index >= 15 is 0 Å². The fourth-order valence-corrected chi connectivity index (χ4v) is 5.60. The second-order valence-electron chi connectivity index (χ2n) is 10.9. The largest absolute Gasteiger partial charge is 0.490 e. The van der Waals surface area contributed by atoms with Crippen LogP contribution in [0.15, 0.2) is 48.7 Å². The number of hydrogen-bond donors (Lipinski definition) is 3. The Morgan fingerprint density at radius 2 is 1.84 bits per heavy atom. The lowest BCUT2D eigenvalue weighted by Crippen LogP contribution is -2.41. The fourth-order valence-electron chi connectivity index (χ4n) is 4.93. The number of nitrogens with one attached hydrogen (secondary N) is 3. The molecule has 1 aromatic heterocycles. The molecule has 232 valence electrons. The molecule has 3 N–H and O–H groups in total. The highest BCUT2D eigenvalue weighted by atomic mass is 32.1. The van der Waals surface area contributed by atoms with Gasteiger partial charge in [-0.3, -0.25) is 10.1 Å². The topological polar surface area (TPSA) is 114 Å². The summed E-state index contributed by atoms with van der Waals surface area (Å²) in [5, 5.41) is 9.61. The van der Waals surface area contributed by atoms with Crippen molar-refractivity contribution in [3.8, 4) is 16.6 Å². The number of likely N-dealkylation sites (tertiary alicyclic amines) is 1. The maximum absolute atomic E-state index is 13.0. The van der Waals surface area contributed by atoms with E-state index in [-0.39, 0.29) is 30.7 Å². The normalized spacial score (nSPS) is 14.1. The molecule has 43 heavy (non-hydrogen) atoms. The number of amides is 3. The molecule has 1 saturated heterocycles. The number of nitrogens with zero attached hydrogens (tertiary/aromatic N) is 2. The van der Waals surface area contributed by atoms with Crippen molar-refractivity contribution >= 4 is 34.1 Å². The first-order valence-corrected chi connectivity index (χ1v) is 15.7. The predicted octanol–water partition coefficient (Wildman–Crippen LogP) is 6.90. The van der Waals surface area contributed by atoms with Gasteiger partial charge in [0.05, 0.1) is 12.8 Å². The van der Waals surface area contributed by atoms with E-state index in [1.165, 1.54) is 11.3 Å². The molecule has 1 aliphatic rings. The maximum Gasteiger partial charge on any atom is 0.319 e. The molecule has 0 radical (unpaired) electrons. The van der Waals surface area contributed by atoms with Crippen LogP contribution in [0.3, 0.4) is 0 Å². The Balaban J connectivity index is 1.34. The molecule has 0 bridgehead atoms. The molecule has 3 amide bonds. The monoisotopic (exact) mass is 609 g/mol. The highest BCUT2D eigenvalue weighted by molar-refractivity contribution is 7.17. The number of hydrogen-bond acceptors (Lipinski definition) is 8. The Morgan fingerprint density at radius 1 is 1.07 bits per heavy atom. The summed E-state index contributed by atoms with van der Waals surface area (Å²) in [6.07, 6.45) is 5.37. The maximum atomic E-state index is 13.0. The number of piperidine rings is 1. The van der Waals surface area contributed by atoms with Crippen molar-refractivity contribution in [1.82, 2.24) is 15.2 Å². The van der Waals surface area contributed by atoms with E-state index < -0.39 is 0 Å². The number of aromatic nitrogens is 1. The summed E-state index contributed by atoms with van der Waals surface area (Å²) in [4.78, 5) is 32.2. The lowest BCUT2D eigenvalue weighted by molar-refractivity contribution is 0.0840. The molecule has 0 spiro atoms. The van der Waals surface area contributed by atoms with Crippen LogP contribution in [0.4, 0.5) is 15.6 Å². The summed E-state index contributed by atoms with van der Waals surface area (Å²) in [6.45, 7) is 10.8. The van der Waals surface area contributed by atoms with Crippen LogP contribution in [0.5, 0.6) is 16.6 Å². The first kappa shape index (κ1) is 32.2. The molecule has 0 unspecified atom stereocenters. The van der Waals surface area contributed by atoms with Gasteiger partial charge >= 0.3 is 6.03 Å². The summed E-state index contributed by atoms with van der Waals surface area (Å²) in [6, 6.07) is 13.0. The molecule has 11 heteroatoms. The summed E-state index contributed by atoms with van der Waals surface area (Å²) in [7, 11) is 1.60. The molecule has 1 fully saturated rings. The van der Waals surface area contributed by atoms with E-state index in [9.17, 15) is 9.59 Å². The number of carbonyl (C=O) groups is 2. The average Bonchev–Trinajstić information content (AvgIpc) is 3.44. The number of urea groups is 1. The molecular formula is C32H43N5O5S. The van der Waals surface area contributed by atoms with E-state index in [4.69, 9.17) is 14.2 Å². The second kappa shape index (κ2) is 15.7. The van der Waals surface area contributed by atoms with Crippen molar-refractivity contribution in [2.24, 2.45) is 0 Å². The van der Waals surface area contributed by atoms with Crippen molar-refractivity contribution in [2.45, 2.75) is 78.2 Å². The molecule has 2 aromatic carbocycles. The first-order chi connectivity index (χ1) is 20.8. The number of thiazole rings is 1. The molecule has 2 heterocycles. The Hall–Kier alpha value is -3.67. The zero-order valence-corrected chi connectivity index (χ0v) is 26.5. The minimum absolute atomic E-state index is 0.122. The van der Waals surface area contributed by atoms with Gasteiger partial charge in [0.1, 0.15) is 17.6 Å².